The number of rotatable bonds is 8. The molecule has 4 amide bonds. The Bertz CT molecular complexity index is 1600. The molecule has 230 valence electrons. The first-order valence-corrected chi connectivity index (χ1v) is 15.2. The highest BCUT2D eigenvalue weighted by atomic mass is 35.5. The zero-order chi connectivity index (χ0) is 31.6. The van der Waals surface area contributed by atoms with Crippen LogP contribution >= 0.6 is 23.2 Å². The van der Waals surface area contributed by atoms with E-state index in [-0.39, 0.29) is 43.2 Å². The SMILES string of the molecule is O=C(O)CCCCCN1C(=O)C2CC=C3C(CC4(Cl)C(=O)N(c5ccc(F)cc5)C(=O)C4(Cl)C3c3ccc(O)cc3)C2C1=O. The topological polar surface area (TPSA) is 132 Å². The Labute approximate surface area is 262 Å². The standard InChI is InChI=1S/C32H29Cl2FN2O7/c33-31-16-23-21(13-14-22-25(23)28(42)36(27(22)41)15-3-1-2-4-24(39)40)26(17-5-11-20(38)12-6-17)32(31,34)30(44)37(29(31)43)19-9-7-18(35)8-10-19/h5-13,22-23,25-26,38H,1-4,14-16H2,(H,39,40). The third-order valence-corrected chi connectivity index (χ3v) is 10.9. The zero-order valence-corrected chi connectivity index (χ0v) is 24.9. The van der Waals surface area contributed by atoms with E-state index in [0.29, 0.717) is 30.4 Å². The number of unbranched alkanes of at least 4 members (excludes halogenated alkanes) is 2. The molecule has 2 N–H and O–H groups in total. The number of nitrogens with zero attached hydrogens (tertiary/aromatic N) is 2. The quantitative estimate of drug-likeness (QED) is 0.184. The molecule has 2 saturated heterocycles. The van der Waals surface area contributed by atoms with Gasteiger partial charge in [0.05, 0.1) is 17.5 Å². The van der Waals surface area contributed by atoms with Crippen molar-refractivity contribution in [3.63, 3.8) is 0 Å². The van der Waals surface area contributed by atoms with Crippen molar-refractivity contribution in [3.8, 4) is 5.75 Å². The Kier molecular flexibility index (Phi) is 7.57. The van der Waals surface area contributed by atoms with E-state index in [9.17, 15) is 33.5 Å². The highest BCUT2D eigenvalue weighted by Gasteiger charge is 2.76. The number of fused-ring (bicyclic) bond motifs is 4. The van der Waals surface area contributed by atoms with Crippen LogP contribution in [-0.4, -0.2) is 61.0 Å². The van der Waals surface area contributed by atoms with Crippen LogP contribution < -0.4 is 4.90 Å². The highest BCUT2D eigenvalue weighted by Crippen LogP contribution is 2.65. The zero-order valence-electron chi connectivity index (χ0n) is 23.4. The number of carbonyl (C=O) groups is 5. The van der Waals surface area contributed by atoms with Gasteiger partial charge in [-0.05, 0) is 73.6 Å². The average molecular weight is 643 g/mol. The van der Waals surface area contributed by atoms with Gasteiger partial charge >= 0.3 is 5.97 Å². The second-order valence-electron chi connectivity index (χ2n) is 11.9. The van der Waals surface area contributed by atoms with Crippen LogP contribution in [0.1, 0.15) is 50.0 Å². The summed E-state index contributed by atoms with van der Waals surface area (Å²) in [6, 6.07) is 10.8. The number of alkyl halides is 2. The molecule has 6 rings (SSSR count). The Hall–Kier alpha value is -3.76. The molecule has 2 heterocycles. The summed E-state index contributed by atoms with van der Waals surface area (Å²) in [6.45, 7) is 0.148. The molecule has 0 bridgehead atoms. The minimum atomic E-state index is -2.04. The van der Waals surface area contributed by atoms with Crippen LogP contribution in [0.2, 0.25) is 0 Å². The van der Waals surface area contributed by atoms with E-state index in [4.69, 9.17) is 28.3 Å². The molecule has 0 spiro atoms. The van der Waals surface area contributed by atoms with Crippen LogP contribution in [0.4, 0.5) is 10.1 Å². The van der Waals surface area contributed by atoms with Gasteiger partial charge in [0.15, 0.2) is 9.75 Å². The summed E-state index contributed by atoms with van der Waals surface area (Å²) in [4.78, 5) is 64.6. The first kappa shape index (κ1) is 30.3. The van der Waals surface area contributed by atoms with Crippen LogP contribution in [-0.2, 0) is 24.0 Å². The third-order valence-electron chi connectivity index (χ3n) is 9.49. The fourth-order valence-electron chi connectivity index (χ4n) is 7.45. The van der Waals surface area contributed by atoms with E-state index in [2.05, 4.69) is 0 Å². The van der Waals surface area contributed by atoms with Gasteiger partial charge in [-0.1, -0.05) is 30.2 Å². The average Bonchev–Trinajstić information content (AvgIpc) is 3.31. The van der Waals surface area contributed by atoms with Crippen molar-refractivity contribution in [2.75, 3.05) is 11.4 Å². The number of aromatic hydroxyl groups is 1. The van der Waals surface area contributed by atoms with Crippen molar-refractivity contribution in [2.24, 2.45) is 17.8 Å². The third kappa shape index (κ3) is 4.44. The lowest BCUT2D eigenvalue weighted by Gasteiger charge is -2.50. The van der Waals surface area contributed by atoms with E-state index < -0.39 is 62.9 Å². The smallest absolute Gasteiger partial charge is 0.303 e. The van der Waals surface area contributed by atoms with Gasteiger partial charge in [0.1, 0.15) is 11.6 Å². The maximum absolute atomic E-state index is 14.2. The van der Waals surface area contributed by atoms with Crippen LogP contribution in [0.15, 0.2) is 60.2 Å². The van der Waals surface area contributed by atoms with Gasteiger partial charge in [-0.25, -0.2) is 9.29 Å². The van der Waals surface area contributed by atoms with Gasteiger partial charge in [0.2, 0.25) is 11.8 Å². The number of carboxylic acid groups (broad SMARTS) is 1. The maximum Gasteiger partial charge on any atom is 0.303 e. The molecule has 0 aromatic heterocycles. The predicted octanol–water partition coefficient (Wildman–Crippen LogP) is 4.74. The lowest BCUT2D eigenvalue weighted by atomic mass is 9.56. The number of halogens is 3. The number of imide groups is 2. The molecule has 2 aromatic carbocycles. The Balaban J connectivity index is 1.40. The monoisotopic (exact) mass is 642 g/mol. The molecular formula is C32H29Cl2FN2O7. The molecule has 2 aromatic rings. The fourth-order valence-corrected chi connectivity index (χ4v) is 8.38. The summed E-state index contributed by atoms with van der Waals surface area (Å²) < 4.78 is 13.7. The normalized spacial score (nSPS) is 31.1. The molecule has 2 aliphatic carbocycles. The molecule has 6 atom stereocenters. The number of phenols is 1. The number of hydrogen-bond acceptors (Lipinski definition) is 6. The lowest BCUT2D eigenvalue weighted by Crippen LogP contribution is -2.60. The van der Waals surface area contributed by atoms with Crippen molar-refractivity contribution in [1.29, 1.82) is 0 Å². The van der Waals surface area contributed by atoms with Gasteiger partial charge in [0, 0.05) is 18.9 Å². The second-order valence-corrected chi connectivity index (χ2v) is 13.1. The molecular weight excluding hydrogens is 614 g/mol. The van der Waals surface area contributed by atoms with Crippen molar-refractivity contribution in [3.05, 3.63) is 71.6 Å². The molecule has 9 nitrogen and oxygen atoms in total. The molecule has 2 aliphatic heterocycles. The molecule has 1 saturated carbocycles. The van der Waals surface area contributed by atoms with Gasteiger partial charge in [0.25, 0.3) is 11.8 Å². The Morgan fingerprint density at radius 2 is 1.59 bits per heavy atom. The maximum atomic E-state index is 14.2. The fraction of sp³-hybridized carbons (Fsp3) is 0.406. The van der Waals surface area contributed by atoms with E-state index in [1.807, 2.05) is 6.08 Å². The number of aliphatic carboxylic acids is 1. The number of allylic oxidation sites excluding steroid dienone is 2. The van der Waals surface area contributed by atoms with Crippen molar-refractivity contribution in [1.82, 2.24) is 4.90 Å². The lowest BCUT2D eigenvalue weighted by molar-refractivity contribution is -0.141. The van der Waals surface area contributed by atoms with Crippen LogP contribution in [0.5, 0.6) is 5.75 Å². The summed E-state index contributed by atoms with van der Waals surface area (Å²) in [5, 5.41) is 18.9. The van der Waals surface area contributed by atoms with Crippen molar-refractivity contribution < 1.29 is 38.6 Å². The molecule has 44 heavy (non-hydrogen) atoms. The number of amides is 4. The second kappa shape index (κ2) is 11.0. The molecule has 12 heteroatoms. The van der Waals surface area contributed by atoms with Crippen LogP contribution in [0.25, 0.3) is 0 Å². The largest absolute Gasteiger partial charge is 0.508 e. The number of carboxylic acids is 1. The molecule has 3 fully saturated rings. The van der Waals surface area contributed by atoms with E-state index in [1.54, 1.807) is 12.1 Å². The van der Waals surface area contributed by atoms with Crippen LogP contribution in [0, 0.1) is 23.6 Å². The van der Waals surface area contributed by atoms with Crippen LogP contribution in [0.3, 0.4) is 0 Å². The highest BCUT2D eigenvalue weighted by molar-refractivity contribution is 6.58. The van der Waals surface area contributed by atoms with Gasteiger partial charge in [-0.15, -0.1) is 23.2 Å². The molecule has 4 aliphatic rings. The Morgan fingerprint density at radius 3 is 2.25 bits per heavy atom. The van der Waals surface area contributed by atoms with Gasteiger partial charge < -0.3 is 10.2 Å². The number of likely N-dealkylation sites (tertiary alicyclic amines) is 1. The van der Waals surface area contributed by atoms with Crippen molar-refractivity contribution >= 4 is 58.5 Å². The van der Waals surface area contributed by atoms with E-state index >= 15 is 0 Å². The number of hydrogen-bond donors (Lipinski definition) is 2. The van der Waals surface area contributed by atoms with E-state index in [0.717, 1.165) is 17.0 Å². The first-order chi connectivity index (χ1) is 20.9. The Morgan fingerprint density at radius 1 is 0.909 bits per heavy atom. The summed E-state index contributed by atoms with van der Waals surface area (Å²) >= 11 is 14.6. The number of benzene rings is 2. The predicted molar refractivity (Wildman–Crippen MR) is 158 cm³/mol. The summed E-state index contributed by atoms with van der Waals surface area (Å²) in [7, 11) is 0. The number of anilines is 1. The summed E-state index contributed by atoms with van der Waals surface area (Å²) in [6.07, 6.45) is 3.27. The van der Waals surface area contributed by atoms with Crippen molar-refractivity contribution in [2.45, 2.75) is 54.2 Å². The minimum absolute atomic E-state index is 0.000809. The van der Waals surface area contributed by atoms with Gasteiger partial charge in [-0.3, -0.25) is 28.9 Å². The number of carbonyl (C=O) groups excluding carboxylic acids is 4. The number of phenolic OH excluding ortho intramolecular Hbond substituents is 1. The molecule has 6 unspecified atom stereocenters. The summed E-state index contributed by atoms with van der Waals surface area (Å²) in [5.41, 5.74) is 1.21. The van der Waals surface area contributed by atoms with Gasteiger partial charge in [-0.2, -0.15) is 0 Å². The minimum Gasteiger partial charge on any atom is -0.508 e. The molecule has 0 radical (unpaired) electrons. The van der Waals surface area contributed by atoms with E-state index in [1.165, 1.54) is 29.2 Å². The first-order valence-electron chi connectivity index (χ1n) is 14.5. The summed E-state index contributed by atoms with van der Waals surface area (Å²) in [5.74, 6) is -7.03.